The van der Waals surface area contributed by atoms with Crippen molar-refractivity contribution >= 4 is 12.1 Å². The van der Waals surface area contributed by atoms with Gasteiger partial charge in [-0.05, 0) is 23.0 Å². The lowest BCUT2D eigenvalue weighted by atomic mass is 9.93. The molecule has 0 aliphatic carbocycles. The minimum atomic E-state index is -6.81. The number of aliphatic imine (C=N–C) groups is 1. The molecule has 0 saturated heterocycles. The predicted octanol–water partition coefficient (Wildman–Crippen LogP) is 7.04. The van der Waals surface area contributed by atoms with Crippen LogP contribution in [0.5, 0.6) is 0 Å². The molecule has 28 heavy (non-hydrogen) atoms. The highest BCUT2D eigenvalue weighted by Crippen LogP contribution is 2.54. The number of benzene rings is 1. The smallest absolute Gasteiger partial charge is 0.447 e. The number of ether oxygens (including phenoxy) is 1. The molecule has 0 aromatic heterocycles. The van der Waals surface area contributed by atoms with Crippen LogP contribution in [0.4, 0.5) is 45.2 Å². The quantitative estimate of drug-likeness (QED) is 0.283. The molecule has 0 heterocycles. The molecule has 1 rings (SSSR count). The van der Waals surface area contributed by atoms with Crippen molar-refractivity contribution in [3.63, 3.8) is 0 Å². The maximum absolute atomic E-state index is 12.9. The summed E-state index contributed by atoms with van der Waals surface area (Å²) in [7, 11) is 0. The van der Waals surface area contributed by atoms with Crippen molar-refractivity contribution in [2.75, 3.05) is 0 Å². The number of alkyl halides is 9. The van der Waals surface area contributed by atoms with Gasteiger partial charge in [0.25, 0.3) is 0 Å². The van der Waals surface area contributed by atoms with Gasteiger partial charge < -0.3 is 4.74 Å². The van der Waals surface area contributed by atoms with Crippen LogP contribution in [0.15, 0.2) is 23.2 Å². The SMILES string of the molecule is CC(C)c1cccc(C(C)C)c1N=COC(C(F)(F)F)(C(F)(F)F)C(F)(F)F. The van der Waals surface area contributed by atoms with Gasteiger partial charge in [-0.25, -0.2) is 4.99 Å². The minimum absolute atomic E-state index is 0.0343. The van der Waals surface area contributed by atoms with Crippen molar-refractivity contribution < 1.29 is 44.3 Å². The number of para-hydroxylation sites is 1. The Labute approximate surface area is 155 Å². The van der Waals surface area contributed by atoms with Gasteiger partial charge in [-0.1, -0.05) is 45.9 Å². The van der Waals surface area contributed by atoms with E-state index < -0.39 is 30.5 Å². The first-order valence-electron chi connectivity index (χ1n) is 8.00. The molecule has 0 radical (unpaired) electrons. The monoisotopic (exact) mass is 423 g/mol. The minimum Gasteiger partial charge on any atom is -0.451 e. The predicted molar refractivity (Wildman–Crippen MR) is 84.8 cm³/mol. The molecule has 0 aliphatic rings. The molecule has 2 nitrogen and oxygen atoms in total. The molecule has 160 valence electrons. The van der Waals surface area contributed by atoms with Crippen LogP contribution >= 0.6 is 0 Å². The first-order valence-corrected chi connectivity index (χ1v) is 8.00. The van der Waals surface area contributed by atoms with Crippen molar-refractivity contribution in [1.82, 2.24) is 0 Å². The third-order valence-electron chi connectivity index (χ3n) is 3.95. The van der Waals surface area contributed by atoms with Crippen molar-refractivity contribution in [2.45, 2.75) is 63.7 Å². The lowest BCUT2D eigenvalue weighted by Crippen LogP contribution is -2.67. The molecule has 0 aliphatic heterocycles. The van der Waals surface area contributed by atoms with E-state index in [9.17, 15) is 39.5 Å². The molecule has 1 aromatic rings. The van der Waals surface area contributed by atoms with E-state index in [0.717, 1.165) is 0 Å². The zero-order valence-corrected chi connectivity index (χ0v) is 15.2. The average Bonchev–Trinajstić information content (AvgIpc) is 2.46. The molecule has 0 unspecified atom stereocenters. The van der Waals surface area contributed by atoms with Crippen LogP contribution in [0.1, 0.15) is 50.7 Å². The Morgan fingerprint density at radius 1 is 0.750 bits per heavy atom. The summed E-state index contributed by atoms with van der Waals surface area (Å²) in [5.74, 6) is -0.494. The van der Waals surface area contributed by atoms with E-state index in [1.165, 1.54) is 12.1 Å². The Hall–Kier alpha value is -1.94. The Balaban J connectivity index is 3.54. The summed E-state index contributed by atoms with van der Waals surface area (Å²) >= 11 is 0. The van der Waals surface area contributed by atoms with Gasteiger partial charge in [0.2, 0.25) is 0 Å². The fourth-order valence-electron chi connectivity index (χ4n) is 2.50. The normalized spacial score (nSPS) is 14.4. The van der Waals surface area contributed by atoms with Crippen LogP contribution in [-0.2, 0) is 4.74 Å². The number of hydrogen-bond donors (Lipinski definition) is 0. The first kappa shape index (κ1) is 24.1. The van der Waals surface area contributed by atoms with Gasteiger partial charge in [0.1, 0.15) is 0 Å². The number of nitrogens with zero attached hydrogens (tertiary/aromatic N) is 1. The largest absolute Gasteiger partial charge is 0.451 e. The van der Waals surface area contributed by atoms with E-state index in [1.54, 1.807) is 33.8 Å². The van der Waals surface area contributed by atoms with Gasteiger partial charge in [0.15, 0.2) is 6.40 Å². The maximum Gasteiger partial charge on any atom is 0.447 e. The summed E-state index contributed by atoms with van der Waals surface area (Å²) in [6.45, 7) is 6.74. The summed E-state index contributed by atoms with van der Waals surface area (Å²) in [5, 5.41) is 0. The first-order chi connectivity index (χ1) is 12.5. The average molecular weight is 423 g/mol. The van der Waals surface area contributed by atoms with Crippen molar-refractivity contribution in [1.29, 1.82) is 0 Å². The Bertz CT molecular complexity index is 638. The Kier molecular flexibility index (Phi) is 6.73. The Morgan fingerprint density at radius 3 is 1.39 bits per heavy atom. The Morgan fingerprint density at radius 2 is 1.11 bits per heavy atom. The molecular formula is C17H18F9NO. The third-order valence-corrected chi connectivity index (χ3v) is 3.95. The summed E-state index contributed by atoms with van der Waals surface area (Å²) < 4.78 is 119. The molecule has 0 spiro atoms. The topological polar surface area (TPSA) is 21.6 Å². The summed E-state index contributed by atoms with van der Waals surface area (Å²) in [4.78, 5) is 3.43. The van der Waals surface area contributed by atoms with Gasteiger partial charge in [0, 0.05) is 0 Å². The van der Waals surface area contributed by atoms with Gasteiger partial charge in [-0.15, -0.1) is 0 Å². The van der Waals surface area contributed by atoms with Crippen LogP contribution in [0, 0.1) is 0 Å². The van der Waals surface area contributed by atoms with E-state index in [4.69, 9.17) is 0 Å². The highest BCUT2D eigenvalue weighted by molar-refractivity contribution is 5.64. The number of halogens is 9. The second-order valence-corrected chi connectivity index (χ2v) is 6.62. The second kappa shape index (κ2) is 7.82. The fourth-order valence-corrected chi connectivity index (χ4v) is 2.50. The van der Waals surface area contributed by atoms with E-state index in [-0.39, 0.29) is 17.5 Å². The van der Waals surface area contributed by atoms with Crippen LogP contribution in [0.3, 0.4) is 0 Å². The fraction of sp³-hybridized carbons (Fsp3) is 0.588. The summed E-state index contributed by atoms with van der Waals surface area (Å²) in [6, 6.07) is 4.65. The second-order valence-electron chi connectivity index (χ2n) is 6.62. The van der Waals surface area contributed by atoms with Crippen LogP contribution in [-0.4, -0.2) is 30.5 Å². The van der Waals surface area contributed by atoms with Gasteiger partial charge in [-0.2, -0.15) is 39.5 Å². The van der Waals surface area contributed by atoms with E-state index >= 15 is 0 Å². The molecule has 0 bridgehead atoms. The van der Waals surface area contributed by atoms with Gasteiger partial charge in [0.05, 0.1) is 5.69 Å². The number of rotatable bonds is 5. The third kappa shape index (κ3) is 4.38. The molecule has 0 amide bonds. The van der Waals surface area contributed by atoms with E-state index in [0.29, 0.717) is 11.1 Å². The highest BCUT2D eigenvalue weighted by Gasteiger charge is 2.86. The molecule has 1 aromatic carbocycles. The van der Waals surface area contributed by atoms with Crippen LogP contribution in [0.2, 0.25) is 0 Å². The van der Waals surface area contributed by atoms with Crippen LogP contribution in [0.25, 0.3) is 0 Å². The molecule has 0 saturated carbocycles. The van der Waals surface area contributed by atoms with Gasteiger partial charge >= 0.3 is 24.1 Å². The zero-order valence-electron chi connectivity index (χ0n) is 15.2. The molecular weight excluding hydrogens is 405 g/mol. The molecule has 11 heteroatoms. The molecule has 0 atom stereocenters. The van der Waals surface area contributed by atoms with Crippen molar-refractivity contribution in [3.05, 3.63) is 29.3 Å². The van der Waals surface area contributed by atoms with E-state index in [2.05, 4.69) is 9.73 Å². The van der Waals surface area contributed by atoms with Crippen molar-refractivity contribution in [3.8, 4) is 0 Å². The lowest BCUT2D eigenvalue weighted by molar-refractivity contribution is -0.439. The lowest BCUT2D eigenvalue weighted by Gasteiger charge is -2.36. The van der Waals surface area contributed by atoms with Gasteiger partial charge in [-0.3, -0.25) is 0 Å². The molecule has 0 fully saturated rings. The van der Waals surface area contributed by atoms with Crippen LogP contribution < -0.4 is 0 Å². The summed E-state index contributed by atoms with van der Waals surface area (Å²) in [5.41, 5.74) is -5.56. The van der Waals surface area contributed by atoms with E-state index in [1.807, 2.05) is 0 Å². The maximum atomic E-state index is 12.9. The number of hydrogen-bond acceptors (Lipinski definition) is 2. The highest BCUT2D eigenvalue weighted by atomic mass is 19.4. The summed E-state index contributed by atoms with van der Waals surface area (Å²) in [6.07, 6.45) is -20.9. The zero-order chi connectivity index (χ0) is 22.1. The standard InChI is InChI=1S/C17H18F9NO/c1-9(2)11-6-5-7-12(10(3)4)13(11)27-8-28-14(15(18,19)20,16(21,22)23)17(24,25)26/h5-10H,1-4H3. The molecule has 0 N–H and O–H groups in total. The van der Waals surface area contributed by atoms with Crippen molar-refractivity contribution in [2.24, 2.45) is 4.99 Å².